The lowest BCUT2D eigenvalue weighted by atomic mass is 9.79. The van der Waals surface area contributed by atoms with Gasteiger partial charge in [-0.05, 0) is 43.9 Å². The van der Waals surface area contributed by atoms with Gasteiger partial charge in [0.25, 0.3) is 0 Å². The van der Waals surface area contributed by atoms with E-state index in [4.69, 9.17) is 0 Å². The van der Waals surface area contributed by atoms with E-state index >= 15 is 0 Å². The zero-order chi connectivity index (χ0) is 14.7. The number of likely N-dealkylation sites (tertiary alicyclic amines) is 1. The van der Waals surface area contributed by atoms with Crippen LogP contribution in [0, 0.1) is 5.92 Å². The molecule has 3 heteroatoms. The molecule has 1 aliphatic carbocycles. The van der Waals surface area contributed by atoms with Crippen LogP contribution in [0.2, 0.25) is 0 Å². The highest BCUT2D eigenvalue weighted by atomic mass is 79.9. The maximum Gasteiger partial charge on any atom is 0.137 e. The quantitative estimate of drug-likeness (QED) is 0.796. The second-order valence-electron chi connectivity index (χ2n) is 6.44. The minimum absolute atomic E-state index is 0.293. The zero-order valence-corrected chi connectivity index (χ0v) is 14.1. The third-order valence-corrected chi connectivity index (χ3v) is 5.84. The first-order chi connectivity index (χ1) is 10.3. The summed E-state index contributed by atoms with van der Waals surface area (Å²) in [4.78, 5) is 14.9. The Kier molecular flexibility index (Phi) is 5.12. The van der Waals surface area contributed by atoms with Crippen LogP contribution in [0.5, 0.6) is 0 Å². The molecule has 0 spiro atoms. The molecule has 1 aromatic rings. The molecule has 1 saturated carbocycles. The highest BCUT2D eigenvalue weighted by Crippen LogP contribution is 2.33. The predicted octanol–water partition coefficient (Wildman–Crippen LogP) is 4.56. The topological polar surface area (TPSA) is 20.3 Å². The Hall–Kier alpha value is -0.670. The number of Topliss-reactive ketones (excluding diaryl/α,β-unsaturated/α-hetero) is 1. The van der Waals surface area contributed by atoms with Gasteiger partial charge < -0.3 is 0 Å². The van der Waals surface area contributed by atoms with Gasteiger partial charge in [0.15, 0.2) is 0 Å². The standard InChI is InChI=1S/C18H24BrNO/c19-16-9-3-1-7-14(16)13-20-12-6-5-10-17(20)15-8-2-4-11-18(15)21/h1,3,7,9,15,17H,2,4-6,8,10-13H2. The fourth-order valence-corrected chi connectivity index (χ4v) is 4.34. The molecule has 1 aromatic carbocycles. The van der Waals surface area contributed by atoms with E-state index in [2.05, 4.69) is 45.1 Å². The van der Waals surface area contributed by atoms with Crippen LogP contribution in [0.15, 0.2) is 28.7 Å². The summed E-state index contributed by atoms with van der Waals surface area (Å²) in [6.45, 7) is 2.10. The van der Waals surface area contributed by atoms with E-state index in [0.717, 1.165) is 32.4 Å². The number of piperidine rings is 1. The van der Waals surface area contributed by atoms with E-state index in [-0.39, 0.29) is 0 Å². The molecule has 2 atom stereocenters. The van der Waals surface area contributed by atoms with Crippen LogP contribution >= 0.6 is 15.9 Å². The molecule has 2 aliphatic rings. The van der Waals surface area contributed by atoms with Crippen molar-refractivity contribution in [3.8, 4) is 0 Å². The Balaban J connectivity index is 1.75. The molecule has 2 nitrogen and oxygen atoms in total. The van der Waals surface area contributed by atoms with Crippen LogP contribution < -0.4 is 0 Å². The summed E-state index contributed by atoms with van der Waals surface area (Å²) in [6, 6.07) is 8.94. The lowest BCUT2D eigenvalue weighted by molar-refractivity contribution is -0.127. The van der Waals surface area contributed by atoms with Gasteiger partial charge in [0, 0.05) is 29.4 Å². The van der Waals surface area contributed by atoms with Crippen LogP contribution in [0.25, 0.3) is 0 Å². The van der Waals surface area contributed by atoms with E-state index in [1.807, 2.05) is 0 Å². The van der Waals surface area contributed by atoms with Crippen LogP contribution in [-0.2, 0) is 11.3 Å². The van der Waals surface area contributed by atoms with Gasteiger partial charge in [-0.15, -0.1) is 0 Å². The maximum atomic E-state index is 12.3. The molecule has 2 fully saturated rings. The molecular formula is C18H24BrNO. The smallest absolute Gasteiger partial charge is 0.137 e. The van der Waals surface area contributed by atoms with E-state index in [1.165, 1.54) is 35.7 Å². The minimum Gasteiger partial charge on any atom is -0.299 e. The van der Waals surface area contributed by atoms with Gasteiger partial charge in [-0.25, -0.2) is 0 Å². The van der Waals surface area contributed by atoms with E-state index in [9.17, 15) is 4.79 Å². The molecular weight excluding hydrogens is 326 g/mol. The van der Waals surface area contributed by atoms with E-state index in [1.54, 1.807) is 0 Å². The molecule has 3 rings (SSSR count). The molecule has 1 saturated heterocycles. The fourth-order valence-electron chi connectivity index (χ4n) is 3.93. The summed E-state index contributed by atoms with van der Waals surface area (Å²) >= 11 is 3.66. The van der Waals surface area contributed by atoms with Crippen molar-refractivity contribution in [3.05, 3.63) is 34.3 Å². The first-order valence-corrected chi connectivity index (χ1v) is 9.05. The van der Waals surface area contributed by atoms with Crippen molar-refractivity contribution in [2.24, 2.45) is 5.92 Å². The van der Waals surface area contributed by atoms with Gasteiger partial charge >= 0.3 is 0 Å². The molecule has 0 aromatic heterocycles. The number of hydrogen-bond acceptors (Lipinski definition) is 2. The molecule has 0 N–H and O–H groups in total. The van der Waals surface area contributed by atoms with Crippen molar-refractivity contribution >= 4 is 21.7 Å². The van der Waals surface area contributed by atoms with Crippen molar-refractivity contribution in [1.29, 1.82) is 0 Å². The van der Waals surface area contributed by atoms with Gasteiger partial charge in [-0.1, -0.05) is 47.0 Å². The van der Waals surface area contributed by atoms with Gasteiger partial charge in [0.1, 0.15) is 5.78 Å². The number of ketones is 1. The monoisotopic (exact) mass is 349 g/mol. The summed E-state index contributed by atoms with van der Waals surface area (Å²) in [5, 5.41) is 0. The van der Waals surface area contributed by atoms with Crippen LogP contribution in [-0.4, -0.2) is 23.3 Å². The third kappa shape index (κ3) is 3.57. The van der Waals surface area contributed by atoms with Crippen LogP contribution in [0.1, 0.15) is 50.5 Å². The largest absolute Gasteiger partial charge is 0.299 e. The molecule has 2 unspecified atom stereocenters. The highest BCUT2D eigenvalue weighted by molar-refractivity contribution is 9.10. The van der Waals surface area contributed by atoms with Crippen molar-refractivity contribution in [3.63, 3.8) is 0 Å². The second kappa shape index (κ2) is 7.06. The highest BCUT2D eigenvalue weighted by Gasteiger charge is 2.35. The molecule has 21 heavy (non-hydrogen) atoms. The molecule has 1 heterocycles. The Morgan fingerprint density at radius 3 is 2.71 bits per heavy atom. The maximum absolute atomic E-state index is 12.3. The Morgan fingerprint density at radius 2 is 1.90 bits per heavy atom. The van der Waals surface area contributed by atoms with Crippen molar-refractivity contribution in [1.82, 2.24) is 4.90 Å². The van der Waals surface area contributed by atoms with Crippen LogP contribution in [0.3, 0.4) is 0 Å². The third-order valence-electron chi connectivity index (χ3n) is 5.06. The average molecular weight is 350 g/mol. The van der Waals surface area contributed by atoms with Crippen molar-refractivity contribution < 1.29 is 4.79 Å². The second-order valence-corrected chi connectivity index (χ2v) is 7.30. The van der Waals surface area contributed by atoms with Gasteiger partial charge in [-0.2, -0.15) is 0 Å². The first-order valence-electron chi connectivity index (χ1n) is 8.26. The van der Waals surface area contributed by atoms with E-state index < -0.39 is 0 Å². The minimum atomic E-state index is 0.293. The number of carbonyl (C=O) groups is 1. The number of carbonyl (C=O) groups excluding carboxylic acids is 1. The number of benzene rings is 1. The molecule has 114 valence electrons. The number of rotatable bonds is 3. The molecule has 0 amide bonds. The summed E-state index contributed by atoms with van der Waals surface area (Å²) in [5.74, 6) is 0.812. The number of halogens is 1. The van der Waals surface area contributed by atoms with Gasteiger partial charge in [0.05, 0.1) is 0 Å². The molecule has 0 radical (unpaired) electrons. The lowest BCUT2D eigenvalue weighted by Gasteiger charge is -2.41. The summed E-state index contributed by atoms with van der Waals surface area (Å²) in [5.41, 5.74) is 1.34. The SMILES string of the molecule is O=C1CCCCC1C1CCCCN1Cc1ccccc1Br. The lowest BCUT2D eigenvalue weighted by Crippen LogP contribution is -2.47. The van der Waals surface area contributed by atoms with Crippen molar-refractivity contribution in [2.45, 2.75) is 57.5 Å². The van der Waals surface area contributed by atoms with Gasteiger partial charge in [0.2, 0.25) is 0 Å². The summed E-state index contributed by atoms with van der Waals surface area (Å²) in [7, 11) is 0. The fraction of sp³-hybridized carbons (Fsp3) is 0.611. The van der Waals surface area contributed by atoms with Crippen molar-refractivity contribution in [2.75, 3.05) is 6.54 Å². The number of hydrogen-bond donors (Lipinski definition) is 0. The summed E-state index contributed by atoms with van der Waals surface area (Å²) < 4.78 is 1.18. The predicted molar refractivity (Wildman–Crippen MR) is 89.2 cm³/mol. The molecule has 0 bridgehead atoms. The Morgan fingerprint density at radius 1 is 1.10 bits per heavy atom. The Bertz CT molecular complexity index is 502. The summed E-state index contributed by atoms with van der Waals surface area (Å²) in [6.07, 6.45) is 7.99. The Labute approximate surface area is 136 Å². The normalized spacial score (nSPS) is 27.8. The van der Waals surface area contributed by atoms with E-state index in [0.29, 0.717) is 17.7 Å². The van der Waals surface area contributed by atoms with Crippen LogP contribution in [0.4, 0.5) is 0 Å². The number of nitrogens with zero attached hydrogens (tertiary/aromatic N) is 1. The average Bonchev–Trinajstić information content (AvgIpc) is 2.51. The molecule has 1 aliphatic heterocycles. The first kappa shape index (κ1) is 15.2. The van der Waals surface area contributed by atoms with Gasteiger partial charge in [-0.3, -0.25) is 9.69 Å². The zero-order valence-electron chi connectivity index (χ0n) is 12.6.